The van der Waals surface area contributed by atoms with E-state index in [1.807, 2.05) is 0 Å². The van der Waals surface area contributed by atoms with Crippen molar-refractivity contribution < 1.29 is 14.4 Å². The lowest BCUT2D eigenvalue weighted by atomic mass is 10.4. The van der Waals surface area contributed by atoms with E-state index in [9.17, 15) is 4.79 Å². The fourth-order valence-corrected chi connectivity index (χ4v) is 0.861. The Morgan fingerprint density at radius 1 is 1.44 bits per heavy atom. The van der Waals surface area contributed by atoms with Crippen molar-refractivity contribution in [2.45, 2.75) is 0 Å². The Bertz CT molecular complexity index is 123. The summed E-state index contributed by atoms with van der Waals surface area (Å²) in [6.07, 6.45) is 1.52. The Morgan fingerprint density at radius 2 is 2.11 bits per heavy atom. The van der Waals surface area contributed by atoms with E-state index in [0.29, 0.717) is 0 Å². The van der Waals surface area contributed by atoms with Gasteiger partial charge in [0.15, 0.2) is 12.1 Å². The van der Waals surface area contributed by atoms with Gasteiger partial charge in [0.05, 0.1) is 13.2 Å². The van der Waals surface area contributed by atoms with Crippen LogP contribution in [0.2, 0.25) is 0 Å². The number of quaternary nitrogens is 1. The van der Waals surface area contributed by atoms with Crippen LogP contribution in [0, 0.1) is 0 Å². The predicted molar refractivity (Wildman–Crippen MR) is 31.8 cm³/mol. The van der Waals surface area contributed by atoms with E-state index in [-0.39, 0.29) is 0 Å². The molecule has 3 heteroatoms. The number of ether oxygens (including phenoxy) is 1. The average Bonchev–Trinajstić information content (AvgIpc) is 1.91. The van der Waals surface area contributed by atoms with Gasteiger partial charge in [0.2, 0.25) is 0 Å². The minimum atomic E-state index is 0.757. The van der Waals surface area contributed by atoms with Gasteiger partial charge in [-0.2, -0.15) is 0 Å². The fourth-order valence-electron chi connectivity index (χ4n) is 0.861. The van der Waals surface area contributed by atoms with E-state index in [2.05, 4.69) is 0 Å². The number of hydrogen-bond donors (Lipinski definition) is 1. The summed E-state index contributed by atoms with van der Waals surface area (Å²) in [5.41, 5.74) is 0. The summed E-state index contributed by atoms with van der Waals surface area (Å²) < 4.78 is 5.08. The van der Waals surface area contributed by atoms with Crippen LogP contribution in [0.25, 0.3) is 0 Å². The van der Waals surface area contributed by atoms with Crippen LogP contribution < -0.4 is 4.90 Å². The van der Waals surface area contributed by atoms with E-state index in [1.165, 1.54) is 6.20 Å². The quantitative estimate of drug-likeness (QED) is 0.424. The maximum absolute atomic E-state index is 9.83. The second-order valence-electron chi connectivity index (χ2n) is 2.03. The zero-order valence-corrected chi connectivity index (χ0v) is 5.22. The van der Waals surface area contributed by atoms with Crippen LogP contribution in [0.1, 0.15) is 0 Å². The predicted octanol–water partition coefficient (Wildman–Crippen LogP) is -1.75. The lowest BCUT2D eigenvalue weighted by Gasteiger charge is -2.17. The average molecular weight is 128 g/mol. The van der Waals surface area contributed by atoms with Crippen molar-refractivity contribution in [1.29, 1.82) is 0 Å². The Hall–Kier alpha value is -0.630. The van der Waals surface area contributed by atoms with Gasteiger partial charge in [0, 0.05) is 0 Å². The molecular weight excluding hydrogens is 118 g/mol. The largest absolute Gasteiger partial charge is 0.370 e. The minimum absolute atomic E-state index is 0.757. The van der Waals surface area contributed by atoms with Crippen LogP contribution in [-0.2, 0) is 9.53 Å². The van der Waals surface area contributed by atoms with Crippen molar-refractivity contribution in [3.8, 4) is 0 Å². The number of carbonyl (C=O) groups excluding carboxylic acids is 1. The number of hydrogen-bond acceptors (Lipinski definition) is 2. The molecule has 0 atom stereocenters. The summed E-state index contributed by atoms with van der Waals surface area (Å²) in [5.74, 6) is 1.77. The molecule has 0 aromatic carbocycles. The van der Waals surface area contributed by atoms with Crippen molar-refractivity contribution >= 4 is 5.94 Å². The molecule has 0 spiro atoms. The highest BCUT2D eigenvalue weighted by molar-refractivity contribution is 5.41. The van der Waals surface area contributed by atoms with Crippen LogP contribution in [0.4, 0.5) is 0 Å². The Labute approximate surface area is 53.9 Å². The third kappa shape index (κ3) is 1.98. The normalized spacial score (nSPS) is 20.9. The van der Waals surface area contributed by atoms with Gasteiger partial charge in [0.25, 0.3) is 0 Å². The summed E-state index contributed by atoms with van der Waals surface area (Å²) in [5, 5.41) is 0. The molecule has 0 aliphatic carbocycles. The third-order valence-corrected chi connectivity index (χ3v) is 1.40. The molecule has 3 nitrogen and oxygen atoms in total. The minimum Gasteiger partial charge on any atom is -0.370 e. The van der Waals surface area contributed by atoms with Gasteiger partial charge >= 0.3 is 0 Å². The summed E-state index contributed by atoms with van der Waals surface area (Å²) in [6.45, 7) is 3.31. The molecule has 50 valence electrons. The van der Waals surface area contributed by atoms with E-state index >= 15 is 0 Å². The molecule has 1 N–H and O–H groups in total. The number of rotatable bonds is 1. The molecule has 1 fully saturated rings. The van der Waals surface area contributed by atoms with Gasteiger partial charge in [-0.05, 0) is 0 Å². The number of nitrogens with one attached hydrogen (secondary N) is 1. The van der Waals surface area contributed by atoms with Crippen molar-refractivity contribution in [2.75, 3.05) is 26.3 Å². The third-order valence-electron chi connectivity index (χ3n) is 1.40. The highest BCUT2D eigenvalue weighted by Crippen LogP contribution is 1.73. The molecule has 9 heavy (non-hydrogen) atoms. The molecule has 1 aliphatic heterocycles. The van der Waals surface area contributed by atoms with Crippen LogP contribution >= 0.6 is 0 Å². The molecule has 0 saturated carbocycles. The van der Waals surface area contributed by atoms with Gasteiger partial charge in [-0.1, -0.05) is 0 Å². The summed E-state index contributed by atoms with van der Waals surface area (Å²) >= 11 is 0. The van der Waals surface area contributed by atoms with Crippen molar-refractivity contribution in [3.05, 3.63) is 6.20 Å². The molecule has 0 aromatic rings. The molecule has 0 unspecified atom stereocenters. The van der Waals surface area contributed by atoms with Crippen LogP contribution in [0.15, 0.2) is 6.20 Å². The van der Waals surface area contributed by atoms with E-state index in [4.69, 9.17) is 4.74 Å². The molecule has 0 aromatic heterocycles. The summed E-state index contributed by atoms with van der Waals surface area (Å²) in [6, 6.07) is 0. The van der Waals surface area contributed by atoms with Crippen molar-refractivity contribution in [3.63, 3.8) is 0 Å². The maximum Gasteiger partial charge on any atom is 0.183 e. The van der Waals surface area contributed by atoms with Gasteiger partial charge in [0.1, 0.15) is 13.1 Å². The molecule has 0 bridgehead atoms. The zero-order valence-electron chi connectivity index (χ0n) is 5.22. The highest BCUT2D eigenvalue weighted by atomic mass is 16.5. The zero-order chi connectivity index (χ0) is 6.53. The monoisotopic (exact) mass is 128 g/mol. The smallest absolute Gasteiger partial charge is 0.183 e. The molecule has 1 rings (SSSR count). The lowest BCUT2D eigenvalue weighted by Crippen LogP contribution is -3.09. The Kier molecular flexibility index (Phi) is 2.46. The first-order valence-corrected chi connectivity index (χ1v) is 3.07. The number of morpholine rings is 1. The molecule has 1 heterocycles. The highest BCUT2D eigenvalue weighted by Gasteiger charge is 2.09. The molecular formula is C6H10NO2+. The summed E-state index contributed by atoms with van der Waals surface area (Å²) in [7, 11) is 0. The first kappa shape index (κ1) is 6.49. The van der Waals surface area contributed by atoms with Crippen molar-refractivity contribution in [2.24, 2.45) is 0 Å². The topological polar surface area (TPSA) is 30.7 Å². The summed E-state index contributed by atoms with van der Waals surface area (Å²) in [4.78, 5) is 11.0. The SMILES string of the molecule is O=C=C[NH+]1CCOCC1. The van der Waals surface area contributed by atoms with Gasteiger partial charge < -0.3 is 4.74 Å². The maximum atomic E-state index is 9.83. The Morgan fingerprint density at radius 3 is 2.67 bits per heavy atom. The van der Waals surface area contributed by atoms with Gasteiger partial charge in [-0.15, -0.1) is 0 Å². The van der Waals surface area contributed by atoms with E-state index < -0.39 is 0 Å². The molecule has 1 aliphatic rings. The first-order valence-electron chi connectivity index (χ1n) is 3.07. The first-order chi connectivity index (χ1) is 4.43. The molecule has 0 amide bonds. The van der Waals surface area contributed by atoms with Gasteiger partial charge in [-0.25, -0.2) is 4.79 Å². The lowest BCUT2D eigenvalue weighted by molar-refractivity contribution is -0.854. The van der Waals surface area contributed by atoms with E-state index in [1.54, 1.807) is 5.94 Å². The van der Waals surface area contributed by atoms with Crippen LogP contribution in [-0.4, -0.2) is 32.2 Å². The standard InChI is InChI=1S/C6H9NO2/c8-4-1-7-2-5-9-6-3-7/h1H,2-3,5-6H2/p+1. The molecule has 1 saturated heterocycles. The Balaban J connectivity index is 2.31. The van der Waals surface area contributed by atoms with E-state index in [0.717, 1.165) is 31.2 Å². The fraction of sp³-hybridized carbons (Fsp3) is 0.667. The van der Waals surface area contributed by atoms with Gasteiger partial charge in [-0.3, -0.25) is 4.90 Å². The van der Waals surface area contributed by atoms with Crippen molar-refractivity contribution in [1.82, 2.24) is 0 Å². The second kappa shape index (κ2) is 3.41. The van der Waals surface area contributed by atoms with Crippen LogP contribution in [0.3, 0.4) is 0 Å². The molecule has 0 radical (unpaired) electrons. The van der Waals surface area contributed by atoms with Crippen LogP contribution in [0.5, 0.6) is 0 Å². The second-order valence-corrected chi connectivity index (χ2v) is 2.03.